The summed E-state index contributed by atoms with van der Waals surface area (Å²) in [7, 11) is 0. The molecule has 1 unspecified atom stereocenters. The zero-order chi connectivity index (χ0) is 16.5. The Morgan fingerprint density at radius 3 is 1.09 bits per heavy atom. The summed E-state index contributed by atoms with van der Waals surface area (Å²) in [5.74, 6) is 1.79. The summed E-state index contributed by atoms with van der Waals surface area (Å²) in [6.07, 6.45) is 23.5. The van der Waals surface area contributed by atoms with Crippen molar-refractivity contribution in [2.24, 2.45) is 11.8 Å². The molecular formula is C22H46. The number of hydrogen-bond acceptors (Lipinski definition) is 0. The highest BCUT2D eigenvalue weighted by atomic mass is 14.1. The van der Waals surface area contributed by atoms with Gasteiger partial charge in [0.05, 0.1) is 0 Å². The van der Waals surface area contributed by atoms with E-state index in [9.17, 15) is 0 Å². The van der Waals surface area contributed by atoms with Crippen molar-refractivity contribution in [2.75, 3.05) is 0 Å². The zero-order valence-electron chi connectivity index (χ0n) is 16.5. The second-order valence-electron chi connectivity index (χ2n) is 7.96. The first-order chi connectivity index (χ1) is 10.7. The highest BCUT2D eigenvalue weighted by molar-refractivity contribution is 4.57. The van der Waals surface area contributed by atoms with Crippen LogP contribution in [0, 0.1) is 11.8 Å². The largest absolute Gasteiger partial charge is 0.0654 e. The molecule has 0 saturated heterocycles. The standard InChI is InChI=1S/C22H46/c1-5-6-7-8-9-10-11-12-13-14-15-16-17-18-19-20-22(4)21(2)3/h21-22H,5-20H2,1-4H3. The third-order valence-electron chi connectivity index (χ3n) is 5.40. The Kier molecular flexibility index (Phi) is 17.4. The van der Waals surface area contributed by atoms with E-state index < -0.39 is 0 Å². The van der Waals surface area contributed by atoms with Gasteiger partial charge < -0.3 is 0 Å². The van der Waals surface area contributed by atoms with Gasteiger partial charge in [-0.3, -0.25) is 0 Å². The van der Waals surface area contributed by atoms with E-state index in [1.807, 2.05) is 0 Å². The summed E-state index contributed by atoms with van der Waals surface area (Å²) in [6, 6.07) is 0. The van der Waals surface area contributed by atoms with Gasteiger partial charge in [-0.1, -0.05) is 130 Å². The average Bonchev–Trinajstić information content (AvgIpc) is 2.50. The molecule has 0 heteroatoms. The summed E-state index contributed by atoms with van der Waals surface area (Å²) in [5, 5.41) is 0. The van der Waals surface area contributed by atoms with Crippen LogP contribution in [-0.2, 0) is 0 Å². The molecule has 0 bridgehead atoms. The molecule has 0 nitrogen and oxygen atoms in total. The van der Waals surface area contributed by atoms with E-state index >= 15 is 0 Å². The van der Waals surface area contributed by atoms with Crippen LogP contribution in [0.5, 0.6) is 0 Å². The van der Waals surface area contributed by atoms with Crippen molar-refractivity contribution in [1.29, 1.82) is 0 Å². The Hall–Kier alpha value is 0. The van der Waals surface area contributed by atoms with Gasteiger partial charge in [-0.05, 0) is 11.8 Å². The lowest BCUT2D eigenvalue weighted by atomic mass is 9.92. The molecule has 0 amide bonds. The fraction of sp³-hybridized carbons (Fsp3) is 1.00. The van der Waals surface area contributed by atoms with Gasteiger partial charge in [-0.25, -0.2) is 0 Å². The van der Waals surface area contributed by atoms with Gasteiger partial charge in [-0.2, -0.15) is 0 Å². The Bertz CT molecular complexity index is 194. The third kappa shape index (κ3) is 16.4. The minimum absolute atomic E-state index is 0.867. The summed E-state index contributed by atoms with van der Waals surface area (Å²) >= 11 is 0. The van der Waals surface area contributed by atoms with Crippen LogP contribution in [0.15, 0.2) is 0 Å². The first-order valence-corrected chi connectivity index (χ1v) is 10.7. The number of rotatable bonds is 17. The molecule has 0 aromatic carbocycles. The van der Waals surface area contributed by atoms with Crippen molar-refractivity contribution in [3.05, 3.63) is 0 Å². The lowest BCUT2D eigenvalue weighted by Crippen LogP contribution is -2.03. The van der Waals surface area contributed by atoms with Gasteiger partial charge in [0.25, 0.3) is 0 Å². The van der Waals surface area contributed by atoms with E-state index in [4.69, 9.17) is 0 Å². The van der Waals surface area contributed by atoms with Crippen LogP contribution in [-0.4, -0.2) is 0 Å². The molecule has 0 heterocycles. The molecule has 0 aliphatic heterocycles. The van der Waals surface area contributed by atoms with Crippen molar-refractivity contribution in [3.63, 3.8) is 0 Å². The van der Waals surface area contributed by atoms with Crippen LogP contribution in [0.25, 0.3) is 0 Å². The lowest BCUT2D eigenvalue weighted by molar-refractivity contribution is 0.374. The first-order valence-electron chi connectivity index (χ1n) is 10.7. The Labute approximate surface area is 142 Å². The second-order valence-corrected chi connectivity index (χ2v) is 7.96. The van der Waals surface area contributed by atoms with Crippen LogP contribution in [0.3, 0.4) is 0 Å². The molecule has 1 atom stereocenters. The lowest BCUT2D eigenvalue weighted by Gasteiger charge is -2.14. The molecule has 134 valence electrons. The molecule has 0 aromatic rings. The van der Waals surface area contributed by atoms with E-state index in [2.05, 4.69) is 27.7 Å². The van der Waals surface area contributed by atoms with Gasteiger partial charge >= 0.3 is 0 Å². The number of hydrogen-bond donors (Lipinski definition) is 0. The molecule has 0 N–H and O–H groups in total. The molecule has 0 saturated carbocycles. The predicted octanol–water partition coefficient (Wildman–Crippen LogP) is 8.54. The maximum atomic E-state index is 2.41. The topological polar surface area (TPSA) is 0 Å². The van der Waals surface area contributed by atoms with Gasteiger partial charge in [-0.15, -0.1) is 0 Å². The fourth-order valence-corrected chi connectivity index (χ4v) is 3.17. The van der Waals surface area contributed by atoms with Crippen molar-refractivity contribution >= 4 is 0 Å². The second kappa shape index (κ2) is 17.4. The summed E-state index contributed by atoms with van der Waals surface area (Å²) in [5.41, 5.74) is 0. The monoisotopic (exact) mass is 310 g/mol. The van der Waals surface area contributed by atoms with E-state index in [0.29, 0.717) is 0 Å². The Morgan fingerprint density at radius 2 is 0.773 bits per heavy atom. The quantitative estimate of drug-likeness (QED) is 0.236. The van der Waals surface area contributed by atoms with Crippen molar-refractivity contribution in [3.8, 4) is 0 Å². The highest BCUT2D eigenvalue weighted by Gasteiger charge is 2.05. The first kappa shape index (κ1) is 22.0. The fourth-order valence-electron chi connectivity index (χ4n) is 3.17. The van der Waals surface area contributed by atoms with Gasteiger partial charge in [0.2, 0.25) is 0 Å². The maximum absolute atomic E-state index is 2.41. The van der Waals surface area contributed by atoms with E-state index in [1.54, 1.807) is 0 Å². The van der Waals surface area contributed by atoms with Crippen LogP contribution < -0.4 is 0 Å². The van der Waals surface area contributed by atoms with E-state index in [1.165, 1.54) is 103 Å². The van der Waals surface area contributed by atoms with Crippen molar-refractivity contribution < 1.29 is 0 Å². The normalized spacial score (nSPS) is 13.0. The maximum Gasteiger partial charge on any atom is -0.0420 e. The SMILES string of the molecule is CCCCCCCCCCCCCCCCCC(C)C(C)C. The van der Waals surface area contributed by atoms with E-state index in [0.717, 1.165) is 11.8 Å². The van der Waals surface area contributed by atoms with Gasteiger partial charge in [0, 0.05) is 0 Å². The summed E-state index contributed by atoms with van der Waals surface area (Å²) < 4.78 is 0. The van der Waals surface area contributed by atoms with Gasteiger partial charge in [0.1, 0.15) is 0 Å². The van der Waals surface area contributed by atoms with Gasteiger partial charge in [0.15, 0.2) is 0 Å². The van der Waals surface area contributed by atoms with Crippen LogP contribution >= 0.6 is 0 Å². The molecule has 0 spiro atoms. The summed E-state index contributed by atoms with van der Waals surface area (Å²) in [6.45, 7) is 9.42. The van der Waals surface area contributed by atoms with Crippen molar-refractivity contribution in [2.45, 2.75) is 130 Å². The molecule has 22 heavy (non-hydrogen) atoms. The predicted molar refractivity (Wildman–Crippen MR) is 104 cm³/mol. The molecular weight excluding hydrogens is 264 g/mol. The molecule has 0 radical (unpaired) electrons. The average molecular weight is 311 g/mol. The molecule has 0 fully saturated rings. The minimum atomic E-state index is 0.867. The molecule has 0 aliphatic rings. The van der Waals surface area contributed by atoms with Crippen LogP contribution in [0.4, 0.5) is 0 Å². The molecule has 0 aromatic heterocycles. The smallest absolute Gasteiger partial charge is 0.0420 e. The Morgan fingerprint density at radius 1 is 0.455 bits per heavy atom. The molecule has 0 aliphatic carbocycles. The summed E-state index contributed by atoms with van der Waals surface area (Å²) in [4.78, 5) is 0. The molecule has 0 rings (SSSR count). The van der Waals surface area contributed by atoms with Crippen LogP contribution in [0.1, 0.15) is 130 Å². The van der Waals surface area contributed by atoms with E-state index in [-0.39, 0.29) is 0 Å². The van der Waals surface area contributed by atoms with Crippen LogP contribution in [0.2, 0.25) is 0 Å². The third-order valence-corrected chi connectivity index (χ3v) is 5.40. The van der Waals surface area contributed by atoms with Crippen molar-refractivity contribution in [1.82, 2.24) is 0 Å². The Balaban J connectivity index is 3.03. The zero-order valence-corrected chi connectivity index (χ0v) is 16.5. The minimum Gasteiger partial charge on any atom is -0.0654 e. The number of unbranched alkanes of at least 4 members (excludes halogenated alkanes) is 14. The highest BCUT2D eigenvalue weighted by Crippen LogP contribution is 2.19.